The molecule has 0 bridgehead atoms. The Morgan fingerprint density at radius 1 is 1.38 bits per heavy atom. The van der Waals surface area contributed by atoms with Gasteiger partial charge in [0.2, 0.25) is 0 Å². The van der Waals surface area contributed by atoms with Crippen LogP contribution in [0.4, 0.5) is 5.69 Å². The van der Waals surface area contributed by atoms with Crippen molar-refractivity contribution in [2.75, 3.05) is 0 Å². The van der Waals surface area contributed by atoms with E-state index in [1.165, 1.54) is 6.34 Å². The number of benzene rings is 1. The molecule has 3 N–H and O–H groups in total. The van der Waals surface area contributed by atoms with E-state index in [2.05, 4.69) is 17.5 Å². The fourth-order valence-corrected chi connectivity index (χ4v) is 0.740. The molecule has 13 heavy (non-hydrogen) atoms. The number of nitrogens with two attached hydrogens (primary N) is 1. The zero-order chi connectivity index (χ0) is 8.81. The van der Waals surface area contributed by atoms with Crippen molar-refractivity contribution >= 4 is 12.0 Å². The standard InChI is InChI=1S/C8H10N3O.Y/c1-12-8-4-2-7(3-5-8)10-6-11-9;/h2-6H,1,9H2,(H,10,11);/q-1;. The van der Waals surface area contributed by atoms with Crippen molar-refractivity contribution in [1.29, 1.82) is 0 Å². The van der Waals surface area contributed by atoms with E-state index in [0.717, 1.165) is 5.69 Å². The van der Waals surface area contributed by atoms with Crippen molar-refractivity contribution in [3.8, 4) is 5.75 Å². The van der Waals surface area contributed by atoms with Crippen molar-refractivity contribution in [1.82, 2.24) is 5.43 Å². The van der Waals surface area contributed by atoms with Crippen LogP contribution in [0, 0.1) is 7.11 Å². The minimum Gasteiger partial charge on any atom is -0.665 e. The Labute approximate surface area is 102 Å². The first-order chi connectivity index (χ1) is 5.86. The topological polar surface area (TPSA) is 59.6 Å². The summed E-state index contributed by atoms with van der Waals surface area (Å²) in [5.41, 5.74) is 3.11. The second-order valence-electron chi connectivity index (χ2n) is 2.06. The number of hydrogen-bond acceptors (Lipinski definition) is 3. The molecular formula is C8H10N3OY-. The summed E-state index contributed by atoms with van der Waals surface area (Å²) >= 11 is 0. The second-order valence-corrected chi connectivity index (χ2v) is 2.06. The van der Waals surface area contributed by atoms with Gasteiger partial charge in [-0.05, 0) is 24.3 Å². The Morgan fingerprint density at radius 3 is 2.46 bits per heavy atom. The normalized spacial score (nSPS) is 9.38. The number of rotatable bonds is 3. The predicted octanol–water partition coefficient (Wildman–Crippen LogP) is 0.978. The molecule has 0 atom stereocenters. The minimum atomic E-state index is 0. The van der Waals surface area contributed by atoms with Crippen LogP contribution < -0.4 is 16.0 Å². The molecule has 1 aromatic carbocycles. The minimum absolute atomic E-state index is 0. The summed E-state index contributed by atoms with van der Waals surface area (Å²) in [6, 6.07) is 7.15. The summed E-state index contributed by atoms with van der Waals surface area (Å²) in [7, 11) is 3.28. The fourth-order valence-electron chi connectivity index (χ4n) is 0.740. The Balaban J connectivity index is 0.00000144. The van der Waals surface area contributed by atoms with Gasteiger partial charge in [0.25, 0.3) is 0 Å². The Hall–Kier alpha value is -0.446. The van der Waals surface area contributed by atoms with Crippen molar-refractivity contribution < 1.29 is 37.4 Å². The zero-order valence-electron chi connectivity index (χ0n) is 7.10. The first-order valence-electron chi connectivity index (χ1n) is 3.37. The molecule has 0 aliphatic heterocycles. The average Bonchev–Trinajstić information content (AvgIpc) is 2.15. The molecule has 0 saturated heterocycles. The average molecular weight is 253 g/mol. The van der Waals surface area contributed by atoms with E-state index in [9.17, 15) is 0 Å². The van der Waals surface area contributed by atoms with E-state index in [0.29, 0.717) is 5.75 Å². The Morgan fingerprint density at radius 2 is 2.00 bits per heavy atom. The van der Waals surface area contributed by atoms with Gasteiger partial charge in [-0.3, -0.25) is 0 Å². The van der Waals surface area contributed by atoms with Gasteiger partial charge in [0, 0.05) is 32.7 Å². The SMILES string of the molecule is [CH2-]Oc1ccc(N=CNN)cc1.[Y]. The molecule has 1 aromatic rings. The van der Waals surface area contributed by atoms with Crippen molar-refractivity contribution in [3.63, 3.8) is 0 Å². The van der Waals surface area contributed by atoms with Crippen molar-refractivity contribution in [2.45, 2.75) is 0 Å². The maximum Gasteiger partial charge on any atom is 0.103 e. The van der Waals surface area contributed by atoms with Crippen LogP contribution in [-0.2, 0) is 32.7 Å². The van der Waals surface area contributed by atoms with Crippen LogP contribution in [-0.4, -0.2) is 6.34 Å². The number of hydrazine groups is 1. The van der Waals surface area contributed by atoms with E-state index in [1.807, 2.05) is 0 Å². The van der Waals surface area contributed by atoms with E-state index in [4.69, 9.17) is 10.6 Å². The molecule has 1 radical (unpaired) electrons. The van der Waals surface area contributed by atoms with Crippen LogP contribution in [0.15, 0.2) is 29.3 Å². The number of ether oxygens (including phenoxy) is 1. The van der Waals surface area contributed by atoms with Crippen molar-refractivity contribution in [3.05, 3.63) is 31.4 Å². The molecule has 0 aromatic heterocycles. The zero-order valence-corrected chi connectivity index (χ0v) is 9.94. The van der Waals surface area contributed by atoms with Gasteiger partial charge in [-0.25, -0.2) is 10.8 Å². The van der Waals surface area contributed by atoms with Crippen LogP contribution in [0.5, 0.6) is 5.75 Å². The van der Waals surface area contributed by atoms with Gasteiger partial charge < -0.3 is 10.2 Å². The van der Waals surface area contributed by atoms with Gasteiger partial charge in [-0.15, -0.1) is 0 Å². The molecule has 5 heteroatoms. The third-order valence-corrected chi connectivity index (χ3v) is 1.29. The molecule has 4 nitrogen and oxygen atoms in total. The number of nitrogens with one attached hydrogen (secondary N) is 1. The molecule has 0 spiro atoms. The van der Waals surface area contributed by atoms with Gasteiger partial charge in [-0.1, -0.05) is 0 Å². The van der Waals surface area contributed by atoms with E-state index in [1.54, 1.807) is 24.3 Å². The maximum absolute atomic E-state index is 5.00. The van der Waals surface area contributed by atoms with E-state index < -0.39 is 0 Å². The third-order valence-electron chi connectivity index (χ3n) is 1.29. The van der Waals surface area contributed by atoms with Gasteiger partial charge in [0.1, 0.15) is 6.34 Å². The maximum atomic E-state index is 5.00. The van der Waals surface area contributed by atoms with Crippen LogP contribution >= 0.6 is 0 Å². The summed E-state index contributed by atoms with van der Waals surface area (Å²) in [5.74, 6) is 5.70. The van der Waals surface area contributed by atoms with Crippen LogP contribution in [0.2, 0.25) is 0 Å². The fraction of sp³-hybridized carbons (Fsp3) is 0. The molecule has 0 unspecified atom stereocenters. The summed E-state index contributed by atoms with van der Waals surface area (Å²) in [6.07, 6.45) is 1.40. The largest absolute Gasteiger partial charge is 0.665 e. The first-order valence-corrected chi connectivity index (χ1v) is 3.37. The molecule has 1 rings (SSSR count). The number of nitrogens with zero attached hydrogens (tertiary/aromatic N) is 1. The molecule has 0 aliphatic rings. The summed E-state index contributed by atoms with van der Waals surface area (Å²) in [6.45, 7) is 0. The summed E-state index contributed by atoms with van der Waals surface area (Å²) < 4.78 is 4.73. The molecule has 0 amide bonds. The van der Waals surface area contributed by atoms with E-state index >= 15 is 0 Å². The molecule has 0 heterocycles. The summed E-state index contributed by atoms with van der Waals surface area (Å²) in [5, 5.41) is 0. The number of aliphatic imine (C=N–C) groups is 1. The molecule has 0 fully saturated rings. The third kappa shape index (κ3) is 4.36. The Kier molecular flexibility index (Phi) is 6.76. The molecule has 0 saturated carbocycles. The van der Waals surface area contributed by atoms with Crippen LogP contribution in [0.1, 0.15) is 0 Å². The smallest absolute Gasteiger partial charge is 0.103 e. The summed E-state index contributed by atoms with van der Waals surface area (Å²) in [4.78, 5) is 3.96. The van der Waals surface area contributed by atoms with Crippen LogP contribution in [0.3, 0.4) is 0 Å². The number of hydrogen-bond donors (Lipinski definition) is 2. The van der Waals surface area contributed by atoms with Gasteiger partial charge in [0.15, 0.2) is 0 Å². The molecular weight excluding hydrogens is 243 g/mol. The van der Waals surface area contributed by atoms with E-state index in [-0.39, 0.29) is 32.7 Å². The molecule has 0 aliphatic carbocycles. The van der Waals surface area contributed by atoms with Crippen LogP contribution in [0.25, 0.3) is 0 Å². The van der Waals surface area contributed by atoms with Gasteiger partial charge in [-0.2, -0.15) is 7.11 Å². The second kappa shape index (κ2) is 7.01. The monoisotopic (exact) mass is 253 g/mol. The Bertz CT molecular complexity index is 261. The van der Waals surface area contributed by atoms with Gasteiger partial charge in [0.05, 0.1) is 11.4 Å². The first kappa shape index (κ1) is 12.6. The predicted molar refractivity (Wildman–Crippen MR) is 47.9 cm³/mol. The van der Waals surface area contributed by atoms with Gasteiger partial charge >= 0.3 is 0 Å². The molecule has 67 valence electrons. The van der Waals surface area contributed by atoms with Crippen molar-refractivity contribution in [2.24, 2.45) is 10.8 Å². The quantitative estimate of drug-likeness (QED) is 0.277.